The van der Waals surface area contributed by atoms with E-state index in [1.165, 1.54) is 0 Å². The Hall–Kier alpha value is -1.49. The molecule has 0 aliphatic carbocycles. The van der Waals surface area contributed by atoms with E-state index in [2.05, 4.69) is 10.3 Å². The van der Waals surface area contributed by atoms with Gasteiger partial charge in [-0.1, -0.05) is 19.1 Å². The number of carbonyl (C=O) groups excluding carboxylic acids is 1. The maximum absolute atomic E-state index is 12.2. The van der Waals surface area contributed by atoms with Crippen molar-refractivity contribution in [3.63, 3.8) is 0 Å². The van der Waals surface area contributed by atoms with Gasteiger partial charge in [0.25, 0.3) is 0 Å². The molecule has 1 aromatic rings. The van der Waals surface area contributed by atoms with E-state index in [-0.39, 0.29) is 10.9 Å². The molecule has 1 rings (SSSR count). The summed E-state index contributed by atoms with van der Waals surface area (Å²) in [6.45, 7) is 5.46. The van der Waals surface area contributed by atoms with Gasteiger partial charge in [0.15, 0.2) is 0 Å². The quantitative estimate of drug-likeness (QED) is 0.803. The molecule has 1 heterocycles. The molecule has 17 heavy (non-hydrogen) atoms. The second-order valence-electron chi connectivity index (χ2n) is 4.14. The Morgan fingerprint density at radius 1 is 1.65 bits per heavy atom. The molecule has 0 saturated carbocycles. The van der Waals surface area contributed by atoms with Crippen LogP contribution in [0.2, 0.25) is 0 Å². The van der Waals surface area contributed by atoms with Crippen LogP contribution in [0.15, 0.2) is 18.3 Å². The number of aryl methyl sites for hydroxylation is 1. The van der Waals surface area contributed by atoms with Crippen molar-refractivity contribution < 1.29 is 4.79 Å². The summed E-state index contributed by atoms with van der Waals surface area (Å²) in [6.07, 6.45) is 2.24. The highest BCUT2D eigenvalue weighted by Crippen LogP contribution is 2.24. The van der Waals surface area contributed by atoms with E-state index in [0.717, 1.165) is 5.69 Å². The average molecular weight is 251 g/mol. The van der Waals surface area contributed by atoms with E-state index in [9.17, 15) is 4.79 Å². The number of amides is 1. The number of pyridine rings is 1. The third kappa shape index (κ3) is 2.79. The van der Waals surface area contributed by atoms with E-state index >= 15 is 0 Å². The Labute approximate surface area is 107 Å². The van der Waals surface area contributed by atoms with Gasteiger partial charge >= 0.3 is 0 Å². The zero-order chi connectivity index (χ0) is 13.1. The summed E-state index contributed by atoms with van der Waals surface area (Å²) in [5.74, 6) is -0.191. The lowest BCUT2D eigenvalue weighted by Gasteiger charge is -2.25. The highest BCUT2D eigenvalue weighted by atomic mass is 32.1. The summed E-state index contributed by atoms with van der Waals surface area (Å²) in [5.41, 5.74) is 6.26. The van der Waals surface area contributed by atoms with Crippen LogP contribution < -0.4 is 11.1 Å². The van der Waals surface area contributed by atoms with Gasteiger partial charge in [-0.25, -0.2) is 0 Å². The van der Waals surface area contributed by atoms with Crippen molar-refractivity contribution in [2.75, 3.05) is 5.32 Å². The smallest absolute Gasteiger partial charge is 0.237 e. The zero-order valence-electron chi connectivity index (χ0n) is 10.3. The van der Waals surface area contributed by atoms with Crippen LogP contribution in [0.4, 0.5) is 5.69 Å². The third-order valence-electron chi connectivity index (χ3n) is 3.01. The van der Waals surface area contributed by atoms with Crippen LogP contribution in [0, 0.1) is 12.3 Å². The molecular weight excluding hydrogens is 234 g/mol. The molecule has 0 spiro atoms. The van der Waals surface area contributed by atoms with Gasteiger partial charge in [-0.05, 0) is 32.4 Å². The lowest BCUT2D eigenvalue weighted by molar-refractivity contribution is -0.121. The maximum atomic E-state index is 12.2. The largest absolute Gasteiger partial charge is 0.392 e. The fourth-order valence-corrected chi connectivity index (χ4v) is 1.56. The molecule has 0 radical (unpaired) electrons. The van der Waals surface area contributed by atoms with Crippen LogP contribution in [-0.4, -0.2) is 15.9 Å². The van der Waals surface area contributed by atoms with E-state index in [1.54, 1.807) is 25.3 Å². The van der Waals surface area contributed by atoms with Gasteiger partial charge in [0, 0.05) is 6.20 Å². The summed E-state index contributed by atoms with van der Waals surface area (Å²) < 4.78 is 0. The number of anilines is 1. The second-order valence-corrected chi connectivity index (χ2v) is 4.58. The van der Waals surface area contributed by atoms with Crippen molar-refractivity contribution in [2.24, 2.45) is 11.1 Å². The average Bonchev–Trinajstić information content (AvgIpc) is 2.30. The van der Waals surface area contributed by atoms with Gasteiger partial charge in [0.2, 0.25) is 5.91 Å². The molecule has 4 nitrogen and oxygen atoms in total. The Morgan fingerprint density at radius 2 is 2.29 bits per heavy atom. The molecule has 92 valence electrons. The van der Waals surface area contributed by atoms with Crippen LogP contribution >= 0.6 is 12.2 Å². The predicted octanol–water partition coefficient (Wildman–Crippen LogP) is 2.03. The molecule has 1 aromatic heterocycles. The molecule has 0 saturated heterocycles. The number of hydrogen-bond acceptors (Lipinski definition) is 3. The molecule has 1 amide bonds. The first kappa shape index (κ1) is 13.6. The minimum atomic E-state index is -0.822. The highest BCUT2D eigenvalue weighted by Gasteiger charge is 2.34. The van der Waals surface area contributed by atoms with Crippen LogP contribution in [0.5, 0.6) is 0 Å². The first-order valence-corrected chi connectivity index (χ1v) is 5.85. The molecule has 3 N–H and O–H groups in total. The second kappa shape index (κ2) is 5.23. The molecule has 0 fully saturated rings. The molecule has 1 unspecified atom stereocenters. The van der Waals surface area contributed by atoms with Gasteiger partial charge in [-0.15, -0.1) is 0 Å². The number of rotatable bonds is 4. The summed E-state index contributed by atoms with van der Waals surface area (Å²) in [5, 5.41) is 2.81. The Morgan fingerprint density at radius 3 is 2.76 bits per heavy atom. The van der Waals surface area contributed by atoms with Gasteiger partial charge in [0.1, 0.15) is 0 Å². The Balaban J connectivity index is 2.93. The van der Waals surface area contributed by atoms with Crippen molar-refractivity contribution >= 4 is 28.8 Å². The lowest BCUT2D eigenvalue weighted by atomic mass is 9.86. The van der Waals surface area contributed by atoms with Crippen molar-refractivity contribution in [1.82, 2.24) is 4.98 Å². The SMILES string of the molecule is CCC(C)(C(=O)Nc1cccnc1C)C(N)=S. The number of aromatic nitrogens is 1. The molecule has 0 aliphatic rings. The van der Waals surface area contributed by atoms with Gasteiger partial charge in [0.05, 0.1) is 21.8 Å². The minimum Gasteiger partial charge on any atom is -0.392 e. The topological polar surface area (TPSA) is 68.0 Å². The van der Waals surface area contributed by atoms with Crippen LogP contribution in [0.1, 0.15) is 26.0 Å². The summed E-state index contributed by atoms with van der Waals surface area (Å²) in [4.78, 5) is 16.5. The number of thiocarbonyl (C=S) groups is 1. The van der Waals surface area contributed by atoms with E-state index < -0.39 is 5.41 Å². The minimum absolute atomic E-state index is 0.191. The van der Waals surface area contributed by atoms with Crippen molar-refractivity contribution in [1.29, 1.82) is 0 Å². The van der Waals surface area contributed by atoms with Crippen molar-refractivity contribution in [2.45, 2.75) is 27.2 Å². The third-order valence-corrected chi connectivity index (χ3v) is 3.46. The fourth-order valence-electron chi connectivity index (χ4n) is 1.32. The van der Waals surface area contributed by atoms with Crippen molar-refractivity contribution in [3.05, 3.63) is 24.0 Å². The zero-order valence-corrected chi connectivity index (χ0v) is 11.1. The van der Waals surface area contributed by atoms with Crippen LogP contribution in [0.25, 0.3) is 0 Å². The number of carbonyl (C=O) groups is 1. The number of nitrogens with one attached hydrogen (secondary N) is 1. The Bertz CT molecular complexity index is 447. The lowest BCUT2D eigenvalue weighted by Crippen LogP contribution is -2.43. The molecular formula is C12H17N3OS. The van der Waals surface area contributed by atoms with Crippen LogP contribution in [-0.2, 0) is 4.79 Å². The monoisotopic (exact) mass is 251 g/mol. The van der Waals surface area contributed by atoms with Gasteiger partial charge < -0.3 is 11.1 Å². The highest BCUT2D eigenvalue weighted by molar-refractivity contribution is 7.80. The van der Waals surface area contributed by atoms with Crippen molar-refractivity contribution in [3.8, 4) is 0 Å². The van der Waals surface area contributed by atoms with E-state index in [4.69, 9.17) is 18.0 Å². The first-order chi connectivity index (χ1) is 7.91. The molecule has 0 bridgehead atoms. The summed E-state index contributed by atoms with van der Waals surface area (Å²) >= 11 is 4.96. The van der Waals surface area contributed by atoms with Gasteiger partial charge in [-0.3, -0.25) is 9.78 Å². The fraction of sp³-hybridized carbons (Fsp3) is 0.417. The summed E-state index contributed by atoms with van der Waals surface area (Å²) in [7, 11) is 0. The predicted molar refractivity (Wildman–Crippen MR) is 72.8 cm³/mol. The standard InChI is InChI=1S/C12H17N3OS/c1-4-12(3,10(13)17)11(16)15-9-6-5-7-14-8(9)2/h5-7H,4H2,1-3H3,(H2,13,17)(H,15,16). The molecule has 0 aromatic carbocycles. The van der Waals surface area contributed by atoms with Gasteiger partial charge in [-0.2, -0.15) is 0 Å². The Kier molecular flexibility index (Phi) is 4.17. The maximum Gasteiger partial charge on any atom is 0.237 e. The number of nitrogens with zero attached hydrogens (tertiary/aromatic N) is 1. The number of hydrogen-bond donors (Lipinski definition) is 2. The number of nitrogens with two attached hydrogens (primary N) is 1. The van der Waals surface area contributed by atoms with E-state index in [0.29, 0.717) is 12.1 Å². The summed E-state index contributed by atoms with van der Waals surface area (Å²) in [6, 6.07) is 3.57. The molecule has 1 atom stereocenters. The molecule has 5 heteroatoms. The van der Waals surface area contributed by atoms with Crippen LogP contribution in [0.3, 0.4) is 0 Å². The normalized spacial score (nSPS) is 13.8. The van der Waals surface area contributed by atoms with E-state index in [1.807, 2.05) is 13.8 Å². The molecule has 0 aliphatic heterocycles. The first-order valence-electron chi connectivity index (χ1n) is 5.44.